The first-order valence-electron chi connectivity index (χ1n) is 13.8. The van der Waals surface area contributed by atoms with Crippen molar-refractivity contribution in [1.82, 2.24) is 9.97 Å². The molecule has 0 radical (unpaired) electrons. The molecule has 36 heavy (non-hydrogen) atoms. The molecule has 0 aliphatic carbocycles. The van der Waals surface area contributed by atoms with Crippen molar-refractivity contribution in [3.05, 3.63) is 77.6 Å². The average molecular weight is 487 g/mol. The number of esters is 1. The fourth-order valence-electron chi connectivity index (χ4n) is 4.26. The molecular formula is C32H42N2O2. The Morgan fingerprint density at radius 2 is 1.39 bits per heavy atom. The van der Waals surface area contributed by atoms with Crippen LogP contribution in [-0.4, -0.2) is 15.9 Å². The molecule has 0 N–H and O–H groups in total. The van der Waals surface area contributed by atoms with Gasteiger partial charge in [-0.25, -0.2) is 14.8 Å². The highest BCUT2D eigenvalue weighted by Gasteiger charge is 2.10. The molecular weight excluding hydrogens is 444 g/mol. The van der Waals surface area contributed by atoms with Gasteiger partial charge in [0.05, 0.1) is 5.56 Å². The molecule has 1 atom stereocenters. The first-order valence-corrected chi connectivity index (χ1v) is 13.8. The Morgan fingerprint density at radius 1 is 0.778 bits per heavy atom. The summed E-state index contributed by atoms with van der Waals surface area (Å²) in [6.07, 6.45) is 17.6. The SMILES string of the molecule is CCCCCCCCCCc1cnc(-c2ccc(C(=O)Oc3ccc(CC(C)CC)cc3)cc2)nc1. The van der Waals surface area contributed by atoms with Crippen LogP contribution in [0.15, 0.2) is 60.9 Å². The molecule has 0 aliphatic rings. The Hall–Kier alpha value is -3.01. The lowest BCUT2D eigenvalue weighted by Crippen LogP contribution is -2.08. The summed E-state index contributed by atoms with van der Waals surface area (Å²) >= 11 is 0. The van der Waals surface area contributed by atoms with Crippen LogP contribution in [0.5, 0.6) is 5.75 Å². The number of aromatic nitrogens is 2. The van der Waals surface area contributed by atoms with Crippen LogP contribution in [-0.2, 0) is 12.8 Å². The molecule has 0 saturated carbocycles. The van der Waals surface area contributed by atoms with E-state index in [1.807, 2.05) is 48.8 Å². The Balaban J connectivity index is 1.45. The maximum absolute atomic E-state index is 12.6. The number of ether oxygens (including phenoxy) is 1. The summed E-state index contributed by atoms with van der Waals surface area (Å²) in [5.41, 5.74) is 3.84. The van der Waals surface area contributed by atoms with E-state index >= 15 is 0 Å². The van der Waals surface area contributed by atoms with Gasteiger partial charge in [-0.2, -0.15) is 0 Å². The highest BCUT2D eigenvalue weighted by molar-refractivity contribution is 5.91. The largest absolute Gasteiger partial charge is 0.423 e. The van der Waals surface area contributed by atoms with Crippen molar-refractivity contribution < 1.29 is 9.53 Å². The molecule has 1 heterocycles. The third kappa shape index (κ3) is 9.22. The van der Waals surface area contributed by atoms with Gasteiger partial charge >= 0.3 is 5.97 Å². The van der Waals surface area contributed by atoms with Crippen LogP contribution in [0.25, 0.3) is 11.4 Å². The minimum atomic E-state index is -0.363. The molecule has 1 aromatic heterocycles. The van der Waals surface area contributed by atoms with E-state index in [0.717, 1.165) is 24.8 Å². The summed E-state index contributed by atoms with van der Waals surface area (Å²) in [7, 11) is 0. The van der Waals surface area contributed by atoms with Crippen molar-refractivity contribution in [2.45, 2.75) is 91.4 Å². The maximum atomic E-state index is 12.6. The number of rotatable bonds is 15. The minimum Gasteiger partial charge on any atom is -0.423 e. The second-order valence-electron chi connectivity index (χ2n) is 9.97. The van der Waals surface area contributed by atoms with Crippen molar-refractivity contribution >= 4 is 5.97 Å². The number of benzene rings is 2. The van der Waals surface area contributed by atoms with Crippen molar-refractivity contribution in [3.63, 3.8) is 0 Å². The molecule has 0 bridgehead atoms. The van der Waals surface area contributed by atoms with Crippen molar-refractivity contribution in [2.24, 2.45) is 5.92 Å². The van der Waals surface area contributed by atoms with E-state index < -0.39 is 0 Å². The van der Waals surface area contributed by atoms with E-state index in [0.29, 0.717) is 23.1 Å². The highest BCUT2D eigenvalue weighted by Crippen LogP contribution is 2.20. The molecule has 4 nitrogen and oxygen atoms in total. The molecule has 0 fully saturated rings. The molecule has 0 spiro atoms. The molecule has 1 unspecified atom stereocenters. The number of unbranched alkanes of at least 4 members (excludes halogenated alkanes) is 7. The molecule has 0 amide bonds. The predicted molar refractivity (Wildman–Crippen MR) is 148 cm³/mol. The lowest BCUT2D eigenvalue weighted by molar-refractivity contribution is 0.0734. The fourth-order valence-corrected chi connectivity index (χ4v) is 4.26. The first-order chi connectivity index (χ1) is 17.6. The van der Waals surface area contributed by atoms with E-state index in [1.165, 1.54) is 62.5 Å². The lowest BCUT2D eigenvalue weighted by Gasteiger charge is -2.09. The Kier molecular flexibility index (Phi) is 11.6. The maximum Gasteiger partial charge on any atom is 0.343 e. The summed E-state index contributed by atoms with van der Waals surface area (Å²) in [6.45, 7) is 6.70. The fraction of sp³-hybridized carbons (Fsp3) is 0.469. The number of hydrogen-bond acceptors (Lipinski definition) is 4. The zero-order valence-corrected chi connectivity index (χ0v) is 22.3. The van der Waals surface area contributed by atoms with Gasteiger partial charge in [0, 0.05) is 18.0 Å². The van der Waals surface area contributed by atoms with Gasteiger partial charge in [0.2, 0.25) is 0 Å². The van der Waals surface area contributed by atoms with Gasteiger partial charge in [-0.3, -0.25) is 0 Å². The van der Waals surface area contributed by atoms with Gasteiger partial charge in [0.15, 0.2) is 5.82 Å². The van der Waals surface area contributed by atoms with Gasteiger partial charge in [0.25, 0.3) is 0 Å². The Morgan fingerprint density at radius 3 is 2.00 bits per heavy atom. The van der Waals surface area contributed by atoms with E-state index in [4.69, 9.17) is 4.74 Å². The molecule has 0 aliphatic heterocycles. The van der Waals surface area contributed by atoms with E-state index in [9.17, 15) is 4.79 Å². The monoisotopic (exact) mass is 486 g/mol. The smallest absolute Gasteiger partial charge is 0.343 e. The van der Waals surface area contributed by atoms with Gasteiger partial charge in [-0.15, -0.1) is 0 Å². The number of carbonyl (C=O) groups is 1. The standard InChI is InChI=1S/C32H42N2O2/c1-4-6-7-8-9-10-11-12-13-27-23-33-31(34-24-27)28-16-18-29(19-17-28)32(35)36-30-20-14-26(15-21-30)22-25(3)5-2/h14-21,23-25H,4-13,22H2,1-3H3. The van der Waals surface area contributed by atoms with Gasteiger partial charge in [-0.1, -0.05) is 96.4 Å². The summed E-state index contributed by atoms with van der Waals surface area (Å²) in [4.78, 5) is 21.7. The summed E-state index contributed by atoms with van der Waals surface area (Å²) < 4.78 is 5.56. The Labute approximate surface area is 217 Å². The third-order valence-corrected chi connectivity index (χ3v) is 6.82. The van der Waals surface area contributed by atoms with Crippen LogP contribution in [0.1, 0.15) is 100 Å². The number of aryl methyl sites for hydroxylation is 1. The molecule has 0 saturated heterocycles. The molecule has 2 aromatic carbocycles. The Bertz CT molecular complexity index is 1030. The molecule has 4 heteroatoms. The van der Waals surface area contributed by atoms with Crippen LogP contribution >= 0.6 is 0 Å². The second kappa shape index (κ2) is 15.2. The predicted octanol–water partition coefficient (Wildman–Crippen LogP) is 8.63. The molecule has 3 aromatic rings. The van der Waals surface area contributed by atoms with Gasteiger partial charge in [-0.05, 0) is 60.6 Å². The summed E-state index contributed by atoms with van der Waals surface area (Å²) in [5.74, 6) is 1.52. The van der Waals surface area contributed by atoms with Crippen molar-refractivity contribution in [2.75, 3.05) is 0 Å². The van der Waals surface area contributed by atoms with Crippen LogP contribution in [0, 0.1) is 5.92 Å². The van der Waals surface area contributed by atoms with Crippen molar-refractivity contribution in [3.8, 4) is 17.1 Å². The topological polar surface area (TPSA) is 52.1 Å². The van der Waals surface area contributed by atoms with Gasteiger partial charge < -0.3 is 4.74 Å². The first kappa shape index (κ1) is 27.6. The number of nitrogens with zero attached hydrogens (tertiary/aromatic N) is 2. The number of carbonyl (C=O) groups excluding carboxylic acids is 1. The minimum absolute atomic E-state index is 0.363. The van der Waals surface area contributed by atoms with Crippen molar-refractivity contribution in [1.29, 1.82) is 0 Å². The molecule has 192 valence electrons. The van der Waals surface area contributed by atoms with Crippen LogP contribution in [0.2, 0.25) is 0 Å². The lowest BCUT2D eigenvalue weighted by atomic mass is 9.99. The van der Waals surface area contributed by atoms with E-state index in [-0.39, 0.29) is 5.97 Å². The van der Waals surface area contributed by atoms with Gasteiger partial charge in [0.1, 0.15) is 5.75 Å². The molecule has 3 rings (SSSR count). The van der Waals surface area contributed by atoms with Crippen LogP contribution in [0.3, 0.4) is 0 Å². The zero-order chi connectivity index (χ0) is 25.6. The second-order valence-corrected chi connectivity index (χ2v) is 9.97. The van der Waals surface area contributed by atoms with E-state index in [1.54, 1.807) is 12.1 Å². The van der Waals surface area contributed by atoms with Crippen LogP contribution < -0.4 is 4.74 Å². The summed E-state index contributed by atoms with van der Waals surface area (Å²) in [6, 6.07) is 15.1. The normalized spacial score (nSPS) is 11.9. The van der Waals surface area contributed by atoms with Crippen LogP contribution in [0.4, 0.5) is 0 Å². The number of hydrogen-bond donors (Lipinski definition) is 0. The average Bonchev–Trinajstić information content (AvgIpc) is 2.91. The quantitative estimate of drug-likeness (QED) is 0.122. The third-order valence-electron chi connectivity index (χ3n) is 6.82. The van der Waals surface area contributed by atoms with E-state index in [2.05, 4.69) is 30.7 Å². The highest BCUT2D eigenvalue weighted by atomic mass is 16.5. The zero-order valence-electron chi connectivity index (χ0n) is 22.3. The summed E-state index contributed by atoms with van der Waals surface area (Å²) in [5, 5.41) is 0.